The van der Waals surface area contributed by atoms with Crippen LogP contribution >= 0.6 is 23.2 Å². The lowest BCUT2D eigenvalue weighted by Crippen LogP contribution is -2.05. The fourth-order valence-corrected chi connectivity index (χ4v) is 2.15. The van der Waals surface area contributed by atoms with Crippen LogP contribution in [0.4, 0.5) is 5.82 Å². The van der Waals surface area contributed by atoms with E-state index in [1.165, 1.54) is 13.3 Å². The number of nitrogens with zero attached hydrogens (tertiary/aromatic N) is 1. The number of benzene rings is 1. The van der Waals surface area contributed by atoms with Gasteiger partial charge in [-0.2, -0.15) is 0 Å². The number of rotatable bonds is 3. The number of hydrogen-bond acceptors (Lipinski definition) is 4. The second kappa shape index (κ2) is 5.65. The summed E-state index contributed by atoms with van der Waals surface area (Å²) in [6.07, 6.45) is 0.475. The fourth-order valence-electron chi connectivity index (χ4n) is 1.72. The molecule has 0 amide bonds. The van der Waals surface area contributed by atoms with E-state index in [4.69, 9.17) is 33.7 Å². The molecule has 0 radical (unpaired) electrons. The van der Waals surface area contributed by atoms with Gasteiger partial charge in [0.05, 0.1) is 17.2 Å². The number of anilines is 1. The van der Waals surface area contributed by atoms with Gasteiger partial charge in [-0.25, -0.2) is 4.98 Å². The van der Waals surface area contributed by atoms with Crippen molar-refractivity contribution in [3.05, 3.63) is 51.6 Å². The Hall–Kier alpha value is -1.49. The zero-order valence-corrected chi connectivity index (χ0v) is 11.6. The fraction of sp³-hybridized carbons (Fsp3) is 0.154. The SMILES string of the molecule is COc1ccc(C(O)c2cc(Cl)cnc2N)cc1Cl. The first-order chi connectivity index (χ1) is 9.02. The summed E-state index contributed by atoms with van der Waals surface area (Å²) in [5.41, 5.74) is 6.76. The molecule has 0 bridgehead atoms. The van der Waals surface area contributed by atoms with Crippen molar-refractivity contribution in [2.45, 2.75) is 6.10 Å². The summed E-state index contributed by atoms with van der Waals surface area (Å²) in [4.78, 5) is 3.91. The molecule has 1 aromatic carbocycles. The molecule has 1 atom stereocenters. The number of aromatic nitrogens is 1. The number of nitrogen functional groups attached to an aromatic ring is 1. The number of nitrogens with two attached hydrogens (primary N) is 1. The van der Waals surface area contributed by atoms with E-state index in [2.05, 4.69) is 4.98 Å². The van der Waals surface area contributed by atoms with Crippen LogP contribution < -0.4 is 10.5 Å². The Morgan fingerprint density at radius 1 is 1.32 bits per heavy atom. The van der Waals surface area contributed by atoms with Gasteiger partial charge in [-0.15, -0.1) is 0 Å². The molecule has 1 unspecified atom stereocenters. The van der Waals surface area contributed by atoms with Crippen molar-refractivity contribution in [3.63, 3.8) is 0 Å². The lowest BCUT2D eigenvalue weighted by molar-refractivity contribution is 0.220. The molecule has 4 nitrogen and oxygen atoms in total. The number of ether oxygens (including phenoxy) is 1. The second-order valence-electron chi connectivity index (χ2n) is 3.92. The molecule has 0 aliphatic carbocycles. The number of pyridine rings is 1. The van der Waals surface area contributed by atoms with Gasteiger partial charge in [0.1, 0.15) is 17.7 Å². The zero-order chi connectivity index (χ0) is 14.0. The molecular weight excluding hydrogens is 287 g/mol. The molecule has 2 rings (SSSR count). The van der Waals surface area contributed by atoms with Crippen LogP contribution in [0.5, 0.6) is 5.75 Å². The third kappa shape index (κ3) is 2.92. The standard InChI is InChI=1S/C13H12Cl2N2O2/c1-19-11-3-2-7(4-10(11)15)12(18)9-5-8(14)6-17-13(9)16/h2-6,12,18H,1H3,(H2,16,17). The minimum Gasteiger partial charge on any atom is -0.495 e. The molecule has 2 aromatic rings. The van der Waals surface area contributed by atoms with Crippen molar-refractivity contribution in [1.82, 2.24) is 4.98 Å². The normalized spacial score (nSPS) is 12.2. The van der Waals surface area contributed by atoms with Crippen molar-refractivity contribution in [3.8, 4) is 5.75 Å². The van der Waals surface area contributed by atoms with Gasteiger partial charge >= 0.3 is 0 Å². The first-order valence-corrected chi connectivity index (χ1v) is 6.21. The van der Waals surface area contributed by atoms with Crippen LogP contribution in [0.2, 0.25) is 10.0 Å². The summed E-state index contributed by atoms with van der Waals surface area (Å²) < 4.78 is 5.06. The van der Waals surface area contributed by atoms with Crippen LogP contribution in [0.15, 0.2) is 30.5 Å². The van der Waals surface area contributed by atoms with Crippen molar-refractivity contribution in [1.29, 1.82) is 0 Å². The summed E-state index contributed by atoms with van der Waals surface area (Å²) in [5.74, 6) is 0.763. The predicted molar refractivity (Wildman–Crippen MR) is 75.7 cm³/mol. The van der Waals surface area contributed by atoms with Crippen LogP contribution in [-0.2, 0) is 0 Å². The van der Waals surface area contributed by atoms with Gasteiger partial charge < -0.3 is 15.6 Å². The van der Waals surface area contributed by atoms with E-state index in [0.717, 1.165) is 0 Å². The smallest absolute Gasteiger partial charge is 0.137 e. The van der Waals surface area contributed by atoms with E-state index < -0.39 is 6.10 Å². The Bertz CT molecular complexity index is 605. The van der Waals surface area contributed by atoms with E-state index in [1.54, 1.807) is 24.3 Å². The van der Waals surface area contributed by atoms with Gasteiger partial charge in [-0.1, -0.05) is 29.3 Å². The highest BCUT2D eigenvalue weighted by molar-refractivity contribution is 6.32. The van der Waals surface area contributed by atoms with Gasteiger partial charge in [0.25, 0.3) is 0 Å². The van der Waals surface area contributed by atoms with Crippen LogP contribution in [0.3, 0.4) is 0 Å². The highest BCUT2D eigenvalue weighted by Crippen LogP contribution is 2.32. The largest absolute Gasteiger partial charge is 0.495 e. The maximum absolute atomic E-state index is 10.3. The van der Waals surface area contributed by atoms with Crippen LogP contribution in [0.1, 0.15) is 17.2 Å². The molecule has 0 fully saturated rings. The topological polar surface area (TPSA) is 68.4 Å². The Morgan fingerprint density at radius 3 is 2.68 bits per heavy atom. The Balaban J connectivity index is 2.41. The molecule has 1 aromatic heterocycles. The van der Waals surface area contributed by atoms with E-state index >= 15 is 0 Å². The third-order valence-electron chi connectivity index (χ3n) is 2.70. The molecule has 0 saturated carbocycles. The van der Waals surface area contributed by atoms with Crippen LogP contribution in [-0.4, -0.2) is 17.2 Å². The first-order valence-electron chi connectivity index (χ1n) is 5.45. The maximum atomic E-state index is 10.3. The molecule has 19 heavy (non-hydrogen) atoms. The van der Waals surface area contributed by atoms with Crippen molar-refractivity contribution in [2.75, 3.05) is 12.8 Å². The van der Waals surface area contributed by atoms with E-state index in [9.17, 15) is 5.11 Å². The van der Waals surface area contributed by atoms with Gasteiger partial charge in [-0.3, -0.25) is 0 Å². The molecule has 0 aliphatic rings. The number of methoxy groups -OCH3 is 1. The summed E-state index contributed by atoms with van der Waals surface area (Å²) >= 11 is 11.9. The molecule has 6 heteroatoms. The third-order valence-corrected chi connectivity index (χ3v) is 3.20. The summed E-state index contributed by atoms with van der Waals surface area (Å²) in [6.45, 7) is 0. The quantitative estimate of drug-likeness (QED) is 0.914. The van der Waals surface area contributed by atoms with Gasteiger partial charge in [0.2, 0.25) is 0 Å². The van der Waals surface area contributed by atoms with Crippen molar-refractivity contribution >= 4 is 29.0 Å². The highest BCUT2D eigenvalue weighted by Gasteiger charge is 2.16. The van der Waals surface area contributed by atoms with Crippen molar-refractivity contribution < 1.29 is 9.84 Å². The molecule has 3 N–H and O–H groups in total. The minimum atomic E-state index is -0.949. The van der Waals surface area contributed by atoms with Gasteiger partial charge in [0.15, 0.2) is 0 Å². The Kier molecular flexibility index (Phi) is 4.14. The van der Waals surface area contributed by atoms with Crippen LogP contribution in [0.25, 0.3) is 0 Å². The molecule has 100 valence electrons. The Labute approximate surface area is 120 Å². The second-order valence-corrected chi connectivity index (χ2v) is 4.77. The highest BCUT2D eigenvalue weighted by atomic mass is 35.5. The van der Waals surface area contributed by atoms with Gasteiger partial charge in [-0.05, 0) is 23.8 Å². The molecule has 1 heterocycles. The average Bonchev–Trinajstić information content (AvgIpc) is 2.40. The van der Waals surface area contributed by atoms with Gasteiger partial charge in [0, 0.05) is 11.8 Å². The van der Waals surface area contributed by atoms with E-state index in [0.29, 0.717) is 26.9 Å². The lowest BCUT2D eigenvalue weighted by atomic mass is 10.0. The maximum Gasteiger partial charge on any atom is 0.137 e. The number of aliphatic hydroxyl groups is 1. The molecule has 0 aliphatic heterocycles. The summed E-state index contributed by atoms with van der Waals surface area (Å²) in [5, 5.41) is 11.1. The summed E-state index contributed by atoms with van der Waals surface area (Å²) in [7, 11) is 1.52. The monoisotopic (exact) mass is 298 g/mol. The lowest BCUT2D eigenvalue weighted by Gasteiger charge is -2.14. The number of aliphatic hydroxyl groups excluding tert-OH is 1. The first kappa shape index (κ1) is 13.9. The zero-order valence-electron chi connectivity index (χ0n) is 10.1. The summed E-state index contributed by atoms with van der Waals surface area (Å²) in [6, 6.07) is 6.57. The van der Waals surface area contributed by atoms with Crippen molar-refractivity contribution in [2.24, 2.45) is 0 Å². The van der Waals surface area contributed by atoms with E-state index in [1.807, 2.05) is 0 Å². The average molecular weight is 299 g/mol. The number of halogens is 2. The van der Waals surface area contributed by atoms with E-state index in [-0.39, 0.29) is 5.82 Å². The van der Waals surface area contributed by atoms with Crippen LogP contribution in [0, 0.1) is 0 Å². The predicted octanol–water partition coefficient (Wildman–Crippen LogP) is 3.06. The minimum absolute atomic E-state index is 0.226. The molecule has 0 saturated heterocycles. The Morgan fingerprint density at radius 2 is 2.05 bits per heavy atom. The molecular formula is C13H12Cl2N2O2. The molecule has 0 spiro atoms. The number of hydrogen-bond donors (Lipinski definition) is 2.